The van der Waals surface area contributed by atoms with Gasteiger partial charge in [0.25, 0.3) is 20.2 Å². The van der Waals surface area contributed by atoms with Gasteiger partial charge < -0.3 is 25.6 Å². The van der Waals surface area contributed by atoms with E-state index in [1.54, 1.807) is 18.2 Å². The van der Waals surface area contributed by atoms with E-state index in [2.05, 4.69) is 52.9 Å². The van der Waals surface area contributed by atoms with Gasteiger partial charge in [-0.15, -0.1) is 10.2 Å². The number of nitrogens with zero attached hydrogens (tertiary/aromatic N) is 6. The zero-order chi connectivity index (χ0) is 39.7. The fourth-order valence-corrected chi connectivity index (χ4v) is 5.57. The number of carboxylic acid groups (broad SMARTS) is 1. The lowest BCUT2D eigenvalue weighted by Gasteiger charge is -2.13. The Hall–Kier alpha value is -5.99. The minimum atomic E-state index is -4.97. The van der Waals surface area contributed by atoms with Gasteiger partial charge in [-0.05, 0) is 30.3 Å². The third-order valence-electron chi connectivity index (χ3n) is 6.60. The maximum Gasteiger partial charge on any atom is 0.337 e. The molecule has 54 heavy (non-hydrogen) atoms. The molecule has 0 bridgehead atoms. The van der Waals surface area contributed by atoms with Gasteiger partial charge in [-0.1, -0.05) is 36.9 Å². The van der Waals surface area contributed by atoms with Crippen molar-refractivity contribution in [2.45, 2.75) is 9.79 Å². The average Bonchev–Trinajstić information content (AvgIpc) is 3.10. The van der Waals surface area contributed by atoms with Crippen LogP contribution in [0.15, 0.2) is 97.8 Å². The zero-order valence-corrected chi connectivity index (χ0v) is 29.7. The van der Waals surface area contributed by atoms with Crippen LogP contribution in [0.5, 0.6) is 5.75 Å². The largest absolute Gasteiger partial charge is 0.504 e. The summed E-state index contributed by atoms with van der Waals surface area (Å²) in [5, 5.41) is 38.2. The molecule has 0 aliphatic heterocycles. The number of sulfone groups is 1. The quantitative estimate of drug-likeness (QED) is 0.0153. The number of carbonyl (C=O) groups is 1. The van der Waals surface area contributed by atoms with Crippen molar-refractivity contribution in [2.75, 3.05) is 41.6 Å². The lowest BCUT2D eigenvalue weighted by atomic mass is 10.2. The number of benzene rings is 3. The fourth-order valence-electron chi connectivity index (χ4n) is 4.02. The van der Waals surface area contributed by atoms with Gasteiger partial charge in [0.15, 0.2) is 15.6 Å². The number of aromatic nitrogens is 3. The molecule has 4 aromatic rings. The maximum atomic E-state index is 14.3. The second-order valence-corrected chi connectivity index (χ2v) is 15.3. The molecule has 0 aliphatic rings. The molecule has 0 saturated carbocycles. The number of ether oxygens (including phenoxy) is 1. The Labute approximate surface area is 305 Å². The number of hydrogen-bond donors (Lipinski definition) is 7. The molecule has 0 radical (unpaired) electrons. The number of hydrazone groups is 1. The van der Waals surface area contributed by atoms with E-state index in [4.69, 9.17) is 4.74 Å². The van der Waals surface area contributed by atoms with Gasteiger partial charge in [-0.25, -0.2) is 13.2 Å². The number of aromatic hydroxyl groups is 1. The van der Waals surface area contributed by atoms with E-state index >= 15 is 0 Å². The third-order valence-corrected chi connectivity index (χ3v) is 9.52. The molecule has 0 fully saturated rings. The van der Waals surface area contributed by atoms with Crippen LogP contribution in [0.3, 0.4) is 0 Å². The summed E-state index contributed by atoms with van der Waals surface area (Å²) in [6.07, 6.45) is -1.31. The number of phenols is 1. The Morgan fingerprint density at radius 1 is 0.889 bits per heavy atom. The molecule has 0 atom stereocenters. The predicted molar refractivity (Wildman–Crippen MR) is 189 cm³/mol. The Morgan fingerprint density at radius 3 is 2.20 bits per heavy atom. The molecule has 1 aromatic heterocycles. The minimum Gasteiger partial charge on any atom is -0.504 e. The number of rotatable bonds is 17. The lowest BCUT2D eigenvalue weighted by Crippen LogP contribution is -2.16. The number of azo groups is 1. The van der Waals surface area contributed by atoms with E-state index in [0.717, 1.165) is 35.7 Å². The SMILES string of the molecule is C=CS(=O)(=O)CCOCCNc1nc(F)nc(Nc2cc(S(=O)(=O)O)cc(NN=C(N=Nc3cc(S(=O)(=O)O)ccc3C(=O)O)c3ccccc3)c2O)n1. The van der Waals surface area contributed by atoms with Crippen LogP contribution >= 0.6 is 0 Å². The van der Waals surface area contributed by atoms with Gasteiger partial charge in [0.1, 0.15) is 11.4 Å². The minimum absolute atomic E-state index is 0.0166. The molecular weight excluding hydrogens is 782 g/mol. The summed E-state index contributed by atoms with van der Waals surface area (Å²) < 4.78 is 109. The van der Waals surface area contributed by atoms with Crippen LogP contribution in [-0.4, -0.2) is 96.8 Å². The maximum absolute atomic E-state index is 14.3. The Bertz CT molecular complexity index is 2450. The number of halogens is 1. The highest BCUT2D eigenvalue weighted by atomic mass is 32.2. The van der Waals surface area contributed by atoms with Crippen LogP contribution in [0.1, 0.15) is 15.9 Å². The van der Waals surface area contributed by atoms with Crippen molar-refractivity contribution in [2.24, 2.45) is 15.3 Å². The molecule has 0 unspecified atom stereocenters. The average molecular weight is 810 g/mol. The Morgan fingerprint density at radius 2 is 1.56 bits per heavy atom. The molecule has 25 heteroatoms. The molecule has 0 spiro atoms. The van der Waals surface area contributed by atoms with E-state index in [-0.39, 0.29) is 42.9 Å². The van der Waals surface area contributed by atoms with Crippen molar-refractivity contribution in [3.05, 3.63) is 89.9 Å². The fraction of sp³-hybridized carbons (Fsp3) is 0.138. The number of nitrogens with one attached hydrogen (secondary N) is 3. The number of hydrogen-bond acceptors (Lipinski definition) is 17. The number of phenolic OH excluding ortho intramolecular Hbond substituents is 1. The van der Waals surface area contributed by atoms with Crippen LogP contribution in [-0.2, 0) is 34.8 Å². The molecule has 21 nitrogen and oxygen atoms in total. The van der Waals surface area contributed by atoms with Gasteiger partial charge in [0.2, 0.25) is 17.7 Å². The monoisotopic (exact) mass is 809 g/mol. The highest BCUT2D eigenvalue weighted by Gasteiger charge is 2.20. The molecule has 286 valence electrons. The predicted octanol–water partition coefficient (Wildman–Crippen LogP) is 3.20. The van der Waals surface area contributed by atoms with Gasteiger partial charge in [-0.2, -0.15) is 41.3 Å². The van der Waals surface area contributed by atoms with Crippen LogP contribution in [0.4, 0.5) is 33.3 Å². The van der Waals surface area contributed by atoms with E-state index in [1.807, 2.05) is 0 Å². The lowest BCUT2D eigenvalue weighted by molar-refractivity contribution is 0.0697. The van der Waals surface area contributed by atoms with E-state index < -0.39 is 86.2 Å². The number of anilines is 4. The van der Waals surface area contributed by atoms with E-state index in [9.17, 15) is 53.8 Å². The topological polar surface area (TPSA) is 321 Å². The second kappa shape index (κ2) is 17.2. The van der Waals surface area contributed by atoms with Crippen molar-refractivity contribution in [1.82, 2.24) is 15.0 Å². The number of amidine groups is 1. The summed E-state index contributed by atoms with van der Waals surface area (Å²) in [7, 11) is -13.2. The van der Waals surface area contributed by atoms with Crippen molar-refractivity contribution in [1.29, 1.82) is 0 Å². The summed E-state index contributed by atoms with van der Waals surface area (Å²) in [6, 6.07) is 11.7. The van der Waals surface area contributed by atoms with E-state index in [0.29, 0.717) is 0 Å². The molecule has 7 N–H and O–H groups in total. The Balaban J connectivity index is 1.66. The summed E-state index contributed by atoms with van der Waals surface area (Å²) in [4.78, 5) is 21.1. The Kier molecular flexibility index (Phi) is 13.0. The first-order valence-electron chi connectivity index (χ1n) is 14.7. The summed E-state index contributed by atoms with van der Waals surface area (Å²) in [5.74, 6) is -3.83. The first-order chi connectivity index (χ1) is 25.4. The van der Waals surface area contributed by atoms with Crippen molar-refractivity contribution >= 4 is 70.8 Å². The standard InChI is InChI=1S/C29H28FN9O12S3/c1-2-52(43,44)13-12-51-11-10-31-28-33-27(30)34-29(35-28)32-22-15-19(54(48,49)50)16-23(24(22)40)37-39-25(17-6-4-3-5-7-17)38-36-21-14-18(53(45,46)47)8-9-20(21)26(41)42/h2-9,14-16,37,40H,1,10-13H2,(H,41,42)(H,45,46,47)(H,48,49,50)(H2,31,32,33,34,35). The van der Waals surface area contributed by atoms with Crippen molar-refractivity contribution in [3.8, 4) is 5.75 Å². The normalized spacial score (nSPS) is 12.4. The summed E-state index contributed by atoms with van der Waals surface area (Å²) in [5.41, 5.74) is 0.571. The van der Waals surface area contributed by atoms with Crippen LogP contribution in [0, 0.1) is 6.08 Å². The van der Waals surface area contributed by atoms with Gasteiger partial charge >= 0.3 is 12.0 Å². The second-order valence-electron chi connectivity index (χ2n) is 10.4. The molecule has 4 rings (SSSR count). The zero-order valence-electron chi connectivity index (χ0n) is 27.2. The first kappa shape index (κ1) is 40.8. The van der Waals surface area contributed by atoms with Crippen molar-refractivity contribution in [3.63, 3.8) is 0 Å². The smallest absolute Gasteiger partial charge is 0.337 e. The summed E-state index contributed by atoms with van der Waals surface area (Å²) >= 11 is 0. The molecule has 0 aliphatic carbocycles. The van der Waals surface area contributed by atoms with Crippen LogP contribution < -0.4 is 16.1 Å². The highest BCUT2D eigenvalue weighted by molar-refractivity contribution is 7.94. The van der Waals surface area contributed by atoms with Gasteiger partial charge in [0, 0.05) is 17.5 Å². The summed E-state index contributed by atoms with van der Waals surface area (Å²) in [6.45, 7) is 2.98. The highest BCUT2D eigenvalue weighted by Crippen LogP contribution is 2.37. The first-order valence-corrected chi connectivity index (χ1v) is 19.3. The number of carboxylic acids is 1. The van der Waals surface area contributed by atoms with Crippen LogP contribution in [0.25, 0.3) is 0 Å². The van der Waals surface area contributed by atoms with Gasteiger partial charge in [0.05, 0.1) is 40.0 Å². The molecule has 0 amide bonds. The van der Waals surface area contributed by atoms with E-state index in [1.165, 1.54) is 12.1 Å². The van der Waals surface area contributed by atoms with Gasteiger partial charge in [-0.3, -0.25) is 14.5 Å². The molecular formula is C29H28FN9O12S3. The number of aromatic carboxylic acids is 1. The van der Waals surface area contributed by atoms with Crippen molar-refractivity contribution < 1.29 is 58.5 Å². The molecule has 1 heterocycles. The molecule has 0 saturated heterocycles. The van der Waals surface area contributed by atoms with Crippen LogP contribution in [0.2, 0.25) is 0 Å². The third kappa shape index (κ3) is 11.5. The molecule has 3 aromatic carbocycles.